The number of rotatable bonds is 7. The van der Waals surface area contributed by atoms with E-state index >= 15 is 0 Å². The predicted octanol–water partition coefficient (Wildman–Crippen LogP) is 5.41. The minimum atomic E-state index is -3.57. The molecule has 1 fully saturated rings. The van der Waals surface area contributed by atoms with Gasteiger partial charge in [0.2, 0.25) is 10.0 Å². The molecule has 1 saturated carbocycles. The monoisotopic (exact) mass is 447 g/mol. The fourth-order valence-electron chi connectivity index (χ4n) is 3.18. The normalized spacial score (nSPS) is 18.4. The topological polar surface area (TPSA) is 55.4 Å². The van der Waals surface area contributed by atoms with Crippen LogP contribution < -0.4 is 9.46 Å². The van der Waals surface area contributed by atoms with Gasteiger partial charge in [-0.25, -0.2) is 13.1 Å². The van der Waals surface area contributed by atoms with E-state index in [0.717, 1.165) is 17.5 Å². The lowest BCUT2D eigenvalue weighted by Crippen LogP contribution is -2.26. The number of nitrogens with one attached hydrogen (secondary N) is 1. The average molecular weight is 448 g/mol. The molecular formula is C22H19Cl2NO3S. The van der Waals surface area contributed by atoms with Gasteiger partial charge in [0.1, 0.15) is 12.4 Å². The summed E-state index contributed by atoms with van der Waals surface area (Å²) in [6.07, 6.45) is 0.812. The first-order valence-corrected chi connectivity index (χ1v) is 11.4. The number of hydrogen-bond donors (Lipinski definition) is 1. The number of sulfonamides is 1. The predicted molar refractivity (Wildman–Crippen MR) is 115 cm³/mol. The van der Waals surface area contributed by atoms with Crippen LogP contribution in [0.1, 0.15) is 23.5 Å². The molecule has 0 amide bonds. The van der Waals surface area contributed by atoms with Gasteiger partial charge in [0.25, 0.3) is 0 Å². The minimum absolute atomic E-state index is 0.0645. The lowest BCUT2D eigenvalue weighted by molar-refractivity contribution is 0.306. The van der Waals surface area contributed by atoms with Crippen LogP contribution in [-0.2, 0) is 16.6 Å². The maximum atomic E-state index is 12.6. The molecule has 0 heterocycles. The third-order valence-electron chi connectivity index (χ3n) is 4.87. The number of ether oxygens (including phenoxy) is 1. The number of benzene rings is 3. The average Bonchev–Trinajstić information content (AvgIpc) is 3.47. The summed E-state index contributed by atoms with van der Waals surface area (Å²) >= 11 is 12.0. The Bertz CT molecular complexity index is 1100. The van der Waals surface area contributed by atoms with Crippen LogP contribution in [-0.4, -0.2) is 14.5 Å². The van der Waals surface area contributed by atoms with Crippen molar-refractivity contribution in [2.24, 2.45) is 0 Å². The smallest absolute Gasteiger partial charge is 0.240 e. The van der Waals surface area contributed by atoms with Gasteiger partial charge in [-0.1, -0.05) is 59.6 Å². The zero-order valence-corrected chi connectivity index (χ0v) is 17.7. The van der Waals surface area contributed by atoms with Gasteiger partial charge in [0.05, 0.1) is 4.90 Å². The summed E-state index contributed by atoms with van der Waals surface area (Å²) in [5.41, 5.74) is 1.96. The highest BCUT2D eigenvalue weighted by Crippen LogP contribution is 2.41. The van der Waals surface area contributed by atoms with E-state index in [2.05, 4.69) is 4.72 Å². The summed E-state index contributed by atoms with van der Waals surface area (Å²) in [6, 6.07) is 21.4. The Kier molecular flexibility index (Phi) is 5.83. The first-order chi connectivity index (χ1) is 13.9. The standard InChI is InChI=1S/C22H19Cl2NO3S/c23-17-7-6-16(21(24)12-17)14-28-18-8-10-19(11-9-18)29(26,27)25-22-13-20(22)15-4-2-1-3-5-15/h1-12,20,22,25H,13-14H2/t20-,22+/m0/s1. The second-order valence-electron chi connectivity index (χ2n) is 6.98. The van der Waals surface area contributed by atoms with Crippen LogP contribution in [0.4, 0.5) is 0 Å². The maximum Gasteiger partial charge on any atom is 0.240 e. The molecule has 4 nitrogen and oxygen atoms in total. The van der Waals surface area contributed by atoms with E-state index in [1.807, 2.05) is 30.3 Å². The fraction of sp³-hybridized carbons (Fsp3) is 0.182. The Morgan fingerprint density at radius 3 is 2.38 bits per heavy atom. The molecule has 0 spiro atoms. The highest BCUT2D eigenvalue weighted by Gasteiger charge is 2.41. The van der Waals surface area contributed by atoms with Gasteiger partial charge < -0.3 is 4.74 Å². The SMILES string of the molecule is O=S(=O)(N[C@@H]1C[C@H]1c1ccccc1)c1ccc(OCc2ccc(Cl)cc2Cl)cc1. The van der Waals surface area contributed by atoms with E-state index in [1.54, 1.807) is 42.5 Å². The number of halogens is 2. The molecule has 0 radical (unpaired) electrons. The summed E-state index contributed by atoms with van der Waals surface area (Å²) in [5.74, 6) is 0.793. The molecule has 3 aromatic carbocycles. The van der Waals surface area contributed by atoms with Gasteiger partial charge in [0.15, 0.2) is 0 Å². The fourth-order valence-corrected chi connectivity index (χ4v) is 4.93. The molecule has 0 saturated heterocycles. The summed E-state index contributed by atoms with van der Waals surface area (Å²) in [6.45, 7) is 0.265. The van der Waals surface area contributed by atoms with Crippen molar-refractivity contribution in [1.82, 2.24) is 4.72 Å². The molecule has 1 aliphatic carbocycles. The Hall–Kier alpha value is -2.05. The molecule has 1 N–H and O–H groups in total. The van der Waals surface area contributed by atoms with Crippen molar-refractivity contribution < 1.29 is 13.2 Å². The Balaban J connectivity index is 1.37. The molecule has 0 aromatic heterocycles. The van der Waals surface area contributed by atoms with E-state index in [9.17, 15) is 8.42 Å². The van der Waals surface area contributed by atoms with Crippen molar-refractivity contribution >= 4 is 33.2 Å². The second-order valence-corrected chi connectivity index (χ2v) is 9.53. The third kappa shape index (κ3) is 4.93. The van der Waals surface area contributed by atoms with Crippen LogP contribution >= 0.6 is 23.2 Å². The quantitative estimate of drug-likeness (QED) is 0.526. The van der Waals surface area contributed by atoms with Crippen molar-refractivity contribution in [3.05, 3.63) is 94.0 Å². The van der Waals surface area contributed by atoms with Gasteiger partial charge in [-0.15, -0.1) is 0 Å². The molecule has 29 heavy (non-hydrogen) atoms. The van der Waals surface area contributed by atoms with Crippen LogP contribution in [0.25, 0.3) is 0 Å². The second kappa shape index (κ2) is 8.36. The molecular weight excluding hydrogens is 429 g/mol. The van der Waals surface area contributed by atoms with Gasteiger partial charge >= 0.3 is 0 Å². The maximum absolute atomic E-state index is 12.6. The Morgan fingerprint density at radius 2 is 1.69 bits per heavy atom. The van der Waals surface area contributed by atoms with Crippen LogP contribution in [0.2, 0.25) is 10.0 Å². The van der Waals surface area contributed by atoms with Crippen molar-refractivity contribution in [3.63, 3.8) is 0 Å². The van der Waals surface area contributed by atoms with Crippen LogP contribution in [0.5, 0.6) is 5.75 Å². The third-order valence-corrected chi connectivity index (χ3v) is 6.96. The van der Waals surface area contributed by atoms with Crippen LogP contribution in [0.15, 0.2) is 77.7 Å². The molecule has 3 aromatic rings. The van der Waals surface area contributed by atoms with E-state index in [-0.39, 0.29) is 23.5 Å². The first kappa shape index (κ1) is 20.2. The summed E-state index contributed by atoms with van der Waals surface area (Å²) in [4.78, 5) is 0.216. The van der Waals surface area contributed by atoms with Crippen molar-refractivity contribution in [2.75, 3.05) is 0 Å². The largest absolute Gasteiger partial charge is 0.489 e. The van der Waals surface area contributed by atoms with Crippen LogP contribution in [0.3, 0.4) is 0 Å². The highest BCUT2D eigenvalue weighted by molar-refractivity contribution is 7.89. The summed E-state index contributed by atoms with van der Waals surface area (Å²) in [5, 5.41) is 1.09. The minimum Gasteiger partial charge on any atom is -0.489 e. The zero-order valence-electron chi connectivity index (χ0n) is 15.4. The molecule has 0 bridgehead atoms. The van der Waals surface area contributed by atoms with Crippen molar-refractivity contribution in [1.29, 1.82) is 0 Å². The summed E-state index contributed by atoms with van der Waals surface area (Å²) < 4.78 is 33.8. The lowest BCUT2D eigenvalue weighted by atomic mass is 10.1. The van der Waals surface area contributed by atoms with E-state index in [1.165, 1.54) is 0 Å². The molecule has 150 valence electrons. The molecule has 0 aliphatic heterocycles. The molecule has 2 atom stereocenters. The Labute approximate surface area is 180 Å². The molecule has 7 heteroatoms. The lowest BCUT2D eigenvalue weighted by Gasteiger charge is -2.10. The van der Waals surface area contributed by atoms with Gasteiger partial charge in [0, 0.05) is 27.6 Å². The molecule has 0 unspecified atom stereocenters. The first-order valence-electron chi connectivity index (χ1n) is 9.16. The van der Waals surface area contributed by atoms with Crippen LogP contribution in [0, 0.1) is 0 Å². The van der Waals surface area contributed by atoms with Crippen molar-refractivity contribution in [3.8, 4) is 5.75 Å². The zero-order chi connectivity index (χ0) is 20.4. The van der Waals surface area contributed by atoms with Gasteiger partial charge in [-0.05, 0) is 48.4 Å². The highest BCUT2D eigenvalue weighted by atomic mass is 35.5. The van der Waals surface area contributed by atoms with E-state index < -0.39 is 10.0 Å². The van der Waals surface area contributed by atoms with Gasteiger partial charge in [-0.3, -0.25) is 0 Å². The van der Waals surface area contributed by atoms with E-state index in [4.69, 9.17) is 27.9 Å². The number of hydrogen-bond acceptors (Lipinski definition) is 3. The molecule has 1 aliphatic rings. The molecule has 4 rings (SSSR count). The van der Waals surface area contributed by atoms with E-state index in [0.29, 0.717) is 15.8 Å². The van der Waals surface area contributed by atoms with Crippen molar-refractivity contribution in [2.45, 2.75) is 29.9 Å². The summed E-state index contributed by atoms with van der Waals surface area (Å²) in [7, 11) is -3.57. The Morgan fingerprint density at radius 1 is 0.966 bits per heavy atom. The van der Waals surface area contributed by atoms with Gasteiger partial charge in [-0.2, -0.15) is 0 Å².